The molecule has 0 saturated carbocycles. The zero-order valence-corrected chi connectivity index (χ0v) is 15.4. The van der Waals surface area contributed by atoms with E-state index in [-0.39, 0.29) is 6.04 Å². The van der Waals surface area contributed by atoms with E-state index in [4.69, 9.17) is 16.3 Å². The molecule has 0 aliphatic carbocycles. The number of rotatable bonds is 6. The Labute approximate surface area is 140 Å². The predicted octanol–water partition coefficient (Wildman–Crippen LogP) is 3.07. The molecule has 0 spiro atoms. The van der Waals surface area contributed by atoms with Gasteiger partial charge in [-0.05, 0) is 7.05 Å². The molecule has 120 valence electrons. The Morgan fingerprint density at radius 3 is 2.90 bits per heavy atom. The molecule has 2 rings (SSSR count). The highest BCUT2D eigenvalue weighted by molar-refractivity contribution is 8.07. The molecule has 21 heavy (non-hydrogen) atoms. The van der Waals surface area contributed by atoms with E-state index in [1.807, 2.05) is 23.5 Å². The van der Waals surface area contributed by atoms with E-state index in [1.165, 1.54) is 0 Å². The lowest BCUT2D eigenvalue weighted by molar-refractivity contribution is 0.181. The van der Waals surface area contributed by atoms with Crippen LogP contribution in [0.3, 0.4) is 0 Å². The first-order valence-electron chi connectivity index (χ1n) is 7.23. The van der Waals surface area contributed by atoms with Crippen molar-refractivity contribution in [3.8, 4) is 0 Å². The highest BCUT2D eigenvalue weighted by atomic mass is 35.5. The van der Waals surface area contributed by atoms with Gasteiger partial charge in [-0.1, -0.05) is 25.4 Å². The van der Waals surface area contributed by atoms with Crippen molar-refractivity contribution in [2.45, 2.75) is 42.2 Å². The zero-order valence-electron chi connectivity index (χ0n) is 13.0. The van der Waals surface area contributed by atoms with Gasteiger partial charge >= 0.3 is 0 Å². The fourth-order valence-electron chi connectivity index (χ4n) is 2.52. The van der Waals surface area contributed by atoms with E-state index in [2.05, 4.69) is 36.0 Å². The smallest absolute Gasteiger partial charge is 0.0834 e. The average molecular weight is 350 g/mol. The van der Waals surface area contributed by atoms with Crippen LogP contribution in [0, 0.1) is 0 Å². The second kappa shape index (κ2) is 8.11. The SMILES string of the molecule is CNC(c1c(Cl)cnn1CCOC)C1CSC(C)C(C)S1. The lowest BCUT2D eigenvalue weighted by Gasteiger charge is -2.36. The van der Waals surface area contributed by atoms with Gasteiger partial charge in [0.15, 0.2) is 0 Å². The molecule has 1 aromatic rings. The Morgan fingerprint density at radius 1 is 1.52 bits per heavy atom. The van der Waals surface area contributed by atoms with Crippen molar-refractivity contribution in [1.29, 1.82) is 0 Å². The van der Waals surface area contributed by atoms with Crippen molar-refractivity contribution in [2.75, 3.05) is 26.5 Å². The molecule has 0 bridgehead atoms. The van der Waals surface area contributed by atoms with Gasteiger partial charge in [0.25, 0.3) is 0 Å². The number of thioether (sulfide) groups is 2. The van der Waals surface area contributed by atoms with Crippen LogP contribution in [0.1, 0.15) is 25.6 Å². The molecule has 2 heterocycles. The summed E-state index contributed by atoms with van der Waals surface area (Å²) in [5.74, 6) is 1.13. The molecule has 0 aromatic carbocycles. The third-order valence-electron chi connectivity index (χ3n) is 3.89. The highest BCUT2D eigenvalue weighted by Gasteiger charge is 2.34. The lowest BCUT2D eigenvalue weighted by Crippen LogP contribution is -2.37. The summed E-state index contributed by atoms with van der Waals surface area (Å²) in [4.78, 5) is 0. The number of aromatic nitrogens is 2. The van der Waals surface area contributed by atoms with Crippen molar-refractivity contribution >= 4 is 35.1 Å². The molecule has 7 heteroatoms. The zero-order chi connectivity index (χ0) is 15.4. The number of hydrogen-bond donors (Lipinski definition) is 1. The maximum Gasteiger partial charge on any atom is 0.0834 e. The highest BCUT2D eigenvalue weighted by Crippen LogP contribution is 2.42. The minimum atomic E-state index is 0.212. The first-order chi connectivity index (χ1) is 10.1. The van der Waals surface area contributed by atoms with Crippen LogP contribution in [0.15, 0.2) is 6.20 Å². The Morgan fingerprint density at radius 2 is 2.29 bits per heavy atom. The summed E-state index contributed by atoms with van der Waals surface area (Å²) in [6, 6.07) is 0.212. The minimum absolute atomic E-state index is 0.212. The molecule has 1 saturated heterocycles. The Balaban J connectivity index is 2.19. The van der Waals surface area contributed by atoms with Gasteiger partial charge < -0.3 is 10.1 Å². The maximum absolute atomic E-state index is 6.40. The van der Waals surface area contributed by atoms with Crippen molar-refractivity contribution in [3.63, 3.8) is 0 Å². The first-order valence-corrected chi connectivity index (χ1v) is 9.59. The molecular weight excluding hydrogens is 326 g/mol. The summed E-state index contributed by atoms with van der Waals surface area (Å²) in [5, 5.41) is 10.4. The maximum atomic E-state index is 6.40. The molecule has 1 aliphatic heterocycles. The largest absolute Gasteiger partial charge is 0.383 e. The normalized spacial score (nSPS) is 27.8. The van der Waals surface area contributed by atoms with Crippen LogP contribution in [-0.2, 0) is 11.3 Å². The van der Waals surface area contributed by atoms with Crippen molar-refractivity contribution < 1.29 is 4.74 Å². The minimum Gasteiger partial charge on any atom is -0.383 e. The topological polar surface area (TPSA) is 39.1 Å². The Kier molecular flexibility index (Phi) is 6.75. The van der Waals surface area contributed by atoms with E-state index >= 15 is 0 Å². The number of methoxy groups -OCH3 is 1. The van der Waals surface area contributed by atoms with Crippen LogP contribution >= 0.6 is 35.1 Å². The average Bonchev–Trinajstić information content (AvgIpc) is 2.83. The van der Waals surface area contributed by atoms with E-state index in [9.17, 15) is 0 Å². The van der Waals surface area contributed by atoms with Gasteiger partial charge in [0.05, 0.1) is 36.1 Å². The van der Waals surface area contributed by atoms with Gasteiger partial charge in [-0.3, -0.25) is 4.68 Å². The molecule has 0 amide bonds. The number of nitrogens with zero attached hydrogens (tertiary/aromatic N) is 2. The summed E-state index contributed by atoms with van der Waals surface area (Å²) in [7, 11) is 3.71. The Bertz CT molecular complexity index is 457. The van der Waals surface area contributed by atoms with Crippen molar-refractivity contribution in [1.82, 2.24) is 15.1 Å². The lowest BCUT2D eigenvalue weighted by atomic mass is 10.1. The third kappa shape index (κ3) is 4.10. The van der Waals surface area contributed by atoms with E-state index in [0.717, 1.165) is 23.0 Å². The molecule has 1 fully saturated rings. The molecule has 4 atom stereocenters. The van der Waals surface area contributed by atoms with E-state index < -0.39 is 0 Å². The second-order valence-electron chi connectivity index (χ2n) is 5.28. The molecule has 4 nitrogen and oxygen atoms in total. The third-order valence-corrected chi connectivity index (χ3v) is 7.68. The number of hydrogen-bond acceptors (Lipinski definition) is 5. The van der Waals surface area contributed by atoms with E-state index in [0.29, 0.717) is 22.4 Å². The number of ether oxygens (including phenoxy) is 1. The second-order valence-corrected chi connectivity index (χ2v) is 8.72. The summed E-state index contributed by atoms with van der Waals surface area (Å²) < 4.78 is 7.14. The van der Waals surface area contributed by atoms with Gasteiger partial charge in [-0.2, -0.15) is 28.6 Å². The fraction of sp³-hybridized carbons (Fsp3) is 0.786. The van der Waals surface area contributed by atoms with Gasteiger partial charge in [0, 0.05) is 28.6 Å². The molecule has 1 N–H and O–H groups in total. The molecule has 1 aromatic heterocycles. The van der Waals surface area contributed by atoms with Crippen LogP contribution in [0.25, 0.3) is 0 Å². The first kappa shape index (κ1) is 17.5. The number of halogens is 1. The van der Waals surface area contributed by atoms with Crippen molar-refractivity contribution in [2.24, 2.45) is 0 Å². The van der Waals surface area contributed by atoms with Crippen LogP contribution in [0.5, 0.6) is 0 Å². The molecule has 0 radical (unpaired) electrons. The van der Waals surface area contributed by atoms with Crippen molar-refractivity contribution in [3.05, 3.63) is 16.9 Å². The van der Waals surface area contributed by atoms with Crippen LogP contribution < -0.4 is 5.32 Å². The molecular formula is C14H24ClN3OS2. The van der Waals surface area contributed by atoms with Gasteiger partial charge in [-0.15, -0.1) is 0 Å². The van der Waals surface area contributed by atoms with Gasteiger partial charge in [-0.25, -0.2) is 0 Å². The fourth-order valence-corrected chi connectivity index (χ4v) is 5.91. The quantitative estimate of drug-likeness (QED) is 0.854. The predicted molar refractivity (Wildman–Crippen MR) is 93.7 cm³/mol. The van der Waals surface area contributed by atoms with Crippen LogP contribution in [0.4, 0.5) is 0 Å². The van der Waals surface area contributed by atoms with Crippen LogP contribution in [0.2, 0.25) is 5.02 Å². The van der Waals surface area contributed by atoms with E-state index in [1.54, 1.807) is 13.3 Å². The monoisotopic (exact) mass is 349 g/mol. The molecule has 1 aliphatic rings. The van der Waals surface area contributed by atoms with Crippen LogP contribution in [-0.4, -0.2) is 52.0 Å². The van der Waals surface area contributed by atoms with Gasteiger partial charge in [0.1, 0.15) is 0 Å². The number of nitrogens with one attached hydrogen (secondary N) is 1. The summed E-state index contributed by atoms with van der Waals surface area (Å²) >= 11 is 10.5. The summed E-state index contributed by atoms with van der Waals surface area (Å²) in [6.07, 6.45) is 1.74. The summed E-state index contributed by atoms with van der Waals surface area (Å²) in [6.45, 7) is 5.99. The Hall–Kier alpha value is 0.120. The summed E-state index contributed by atoms with van der Waals surface area (Å²) in [5.41, 5.74) is 1.08. The molecule has 4 unspecified atom stereocenters. The standard InChI is InChI=1S/C14H24ClN3OS2/c1-9-10(2)21-12(8-20-9)13(16-3)14-11(15)7-17-18(14)5-6-19-4/h7,9-10,12-13,16H,5-6,8H2,1-4H3. The van der Waals surface area contributed by atoms with Gasteiger partial charge in [0.2, 0.25) is 0 Å².